The van der Waals surface area contributed by atoms with Crippen LogP contribution >= 0.6 is 27.5 Å². The van der Waals surface area contributed by atoms with Crippen LogP contribution in [0.25, 0.3) is 11.4 Å². The molecule has 2 nitrogen and oxygen atoms in total. The second kappa shape index (κ2) is 5.97. The van der Waals surface area contributed by atoms with E-state index in [9.17, 15) is 4.39 Å². The third-order valence-corrected chi connectivity index (χ3v) is 4.00. The highest BCUT2D eigenvalue weighted by atomic mass is 79.9. The molecule has 0 radical (unpaired) electrons. The van der Waals surface area contributed by atoms with E-state index in [1.54, 1.807) is 0 Å². The maximum Gasteiger partial charge on any atom is 0.161 e. The molecule has 0 aliphatic rings. The summed E-state index contributed by atoms with van der Waals surface area (Å²) in [5.41, 5.74) is 2.32. The molecule has 0 amide bonds. The molecule has 0 saturated heterocycles. The van der Waals surface area contributed by atoms with E-state index in [0.29, 0.717) is 21.0 Å². The Balaban J connectivity index is 2.55. The van der Waals surface area contributed by atoms with E-state index < -0.39 is 0 Å². The standard InChI is InChI=1S/C14H13BrClFN2/c1-3-4-11-12(15)13(16)19-14(18-11)9-5-8(2)6-10(17)7-9/h5-7H,3-4H2,1-2H3. The summed E-state index contributed by atoms with van der Waals surface area (Å²) < 4.78 is 14.2. The van der Waals surface area contributed by atoms with Crippen molar-refractivity contribution in [3.63, 3.8) is 0 Å². The Labute approximate surface area is 125 Å². The predicted octanol–water partition coefficient (Wildman–Crippen LogP) is 4.96. The van der Waals surface area contributed by atoms with Crippen molar-refractivity contribution < 1.29 is 4.39 Å². The molecule has 1 aromatic heterocycles. The van der Waals surface area contributed by atoms with E-state index in [4.69, 9.17) is 11.6 Å². The van der Waals surface area contributed by atoms with E-state index in [0.717, 1.165) is 24.1 Å². The summed E-state index contributed by atoms with van der Waals surface area (Å²) in [6.45, 7) is 3.90. The van der Waals surface area contributed by atoms with Gasteiger partial charge in [-0.2, -0.15) is 0 Å². The molecule has 0 saturated carbocycles. The summed E-state index contributed by atoms with van der Waals surface area (Å²) >= 11 is 9.48. The van der Waals surface area contributed by atoms with Gasteiger partial charge in [-0.25, -0.2) is 14.4 Å². The molecule has 100 valence electrons. The average molecular weight is 344 g/mol. The van der Waals surface area contributed by atoms with Gasteiger partial charge in [-0.1, -0.05) is 24.9 Å². The summed E-state index contributed by atoms with van der Waals surface area (Å²) in [7, 11) is 0. The molecule has 5 heteroatoms. The van der Waals surface area contributed by atoms with Crippen LogP contribution in [-0.4, -0.2) is 9.97 Å². The van der Waals surface area contributed by atoms with Crippen LogP contribution in [0.4, 0.5) is 4.39 Å². The zero-order valence-corrected chi connectivity index (χ0v) is 13.0. The second-order valence-electron chi connectivity index (χ2n) is 4.37. The number of hydrogen-bond donors (Lipinski definition) is 0. The van der Waals surface area contributed by atoms with Crippen LogP contribution in [0.1, 0.15) is 24.6 Å². The molecule has 0 spiro atoms. The molecule has 0 aliphatic carbocycles. The minimum absolute atomic E-state index is 0.297. The van der Waals surface area contributed by atoms with Gasteiger partial charge in [0.1, 0.15) is 11.0 Å². The Hall–Kier alpha value is -1.00. The summed E-state index contributed by atoms with van der Waals surface area (Å²) in [6, 6.07) is 4.73. The zero-order chi connectivity index (χ0) is 14.0. The molecule has 0 unspecified atom stereocenters. The van der Waals surface area contributed by atoms with Crippen LogP contribution in [-0.2, 0) is 6.42 Å². The normalized spacial score (nSPS) is 10.8. The van der Waals surface area contributed by atoms with Gasteiger partial charge < -0.3 is 0 Å². The third-order valence-electron chi connectivity index (χ3n) is 2.67. The molecular formula is C14H13BrClFN2. The number of aryl methyl sites for hydroxylation is 2. The molecule has 0 fully saturated rings. The van der Waals surface area contributed by atoms with E-state index in [2.05, 4.69) is 32.8 Å². The van der Waals surface area contributed by atoms with Gasteiger partial charge >= 0.3 is 0 Å². The number of halogens is 3. The van der Waals surface area contributed by atoms with Gasteiger partial charge in [-0.15, -0.1) is 0 Å². The fourth-order valence-corrected chi connectivity index (χ4v) is 2.42. The van der Waals surface area contributed by atoms with Crippen molar-refractivity contribution in [1.82, 2.24) is 9.97 Å². The van der Waals surface area contributed by atoms with Crippen molar-refractivity contribution in [3.05, 3.63) is 44.9 Å². The van der Waals surface area contributed by atoms with Gasteiger partial charge in [0.2, 0.25) is 0 Å². The van der Waals surface area contributed by atoms with Crippen LogP contribution in [0, 0.1) is 12.7 Å². The quantitative estimate of drug-likeness (QED) is 0.736. The second-order valence-corrected chi connectivity index (χ2v) is 5.52. The topological polar surface area (TPSA) is 25.8 Å². The maximum absolute atomic E-state index is 13.4. The lowest BCUT2D eigenvalue weighted by Crippen LogP contribution is -1.99. The highest BCUT2D eigenvalue weighted by Gasteiger charge is 2.12. The van der Waals surface area contributed by atoms with Gasteiger partial charge in [0.25, 0.3) is 0 Å². The molecule has 2 aromatic rings. The summed E-state index contributed by atoms with van der Waals surface area (Å²) in [5.74, 6) is 0.161. The number of nitrogens with zero attached hydrogens (tertiary/aromatic N) is 2. The SMILES string of the molecule is CCCc1nc(-c2cc(C)cc(F)c2)nc(Cl)c1Br. The lowest BCUT2D eigenvalue weighted by Gasteiger charge is -2.08. The molecule has 19 heavy (non-hydrogen) atoms. The number of rotatable bonds is 3. The maximum atomic E-state index is 13.4. The molecule has 1 aromatic carbocycles. The fourth-order valence-electron chi connectivity index (χ4n) is 1.86. The zero-order valence-electron chi connectivity index (χ0n) is 10.7. The lowest BCUT2D eigenvalue weighted by molar-refractivity contribution is 0.627. The van der Waals surface area contributed by atoms with Crippen molar-refractivity contribution >= 4 is 27.5 Å². The van der Waals surface area contributed by atoms with Crippen molar-refractivity contribution in [2.45, 2.75) is 26.7 Å². The smallest absolute Gasteiger partial charge is 0.161 e. The van der Waals surface area contributed by atoms with Crippen molar-refractivity contribution in [2.75, 3.05) is 0 Å². The fraction of sp³-hybridized carbons (Fsp3) is 0.286. The van der Waals surface area contributed by atoms with Crippen LogP contribution < -0.4 is 0 Å². The van der Waals surface area contributed by atoms with E-state index in [1.165, 1.54) is 12.1 Å². The van der Waals surface area contributed by atoms with Crippen molar-refractivity contribution in [1.29, 1.82) is 0 Å². The van der Waals surface area contributed by atoms with Crippen LogP contribution in [0.2, 0.25) is 5.15 Å². The van der Waals surface area contributed by atoms with Gasteiger partial charge in [-0.3, -0.25) is 0 Å². The third kappa shape index (κ3) is 3.31. The highest BCUT2D eigenvalue weighted by molar-refractivity contribution is 9.10. The first-order valence-corrected chi connectivity index (χ1v) is 7.18. The Bertz CT molecular complexity index is 596. The Morgan fingerprint density at radius 1 is 1.26 bits per heavy atom. The minimum atomic E-state index is -0.297. The monoisotopic (exact) mass is 342 g/mol. The average Bonchev–Trinajstić information content (AvgIpc) is 2.33. The van der Waals surface area contributed by atoms with Crippen LogP contribution in [0.3, 0.4) is 0 Å². The van der Waals surface area contributed by atoms with Crippen LogP contribution in [0.5, 0.6) is 0 Å². The largest absolute Gasteiger partial charge is 0.232 e. The predicted molar refractivity (Wildman–Crippen MR) is 78.9 cm³/mol. The first-order valence-electron chi connectivity index (χ1n) is 6.00. The Morgan fingerprint density at radius 3 is 2.63 bits per heavy atom. The molecular weight excluding hydrogens is 331 g/mol. The first kappa shape index (κ1) is 14.4. The molecule has 0 aliphatic heterocycles. The van der Waals surface area contributed by atoms with Gasteiger partial charge in [0, 0.05) is 5.56 Å². The Kier molecular flexibility index (Phi) is 4.53. The van der Waals surface area contributed by atoms with E-state index >= 15 is 0 Å². The van der Waals surface area contributed by atoms with Crippen molar-refractivity contribution in [3.8, 4) is 11.4 Å². The van der Waals surface area contributed by atoms with Gasteiger partial charge in [0.15, 0.2) is 5.82 Å². The molecule has 1 heterocycles. The number of hydrogen-bond acceptors (Lipinski definition) is 2. The number of benzene rings is 1. The minimum Gasteiger partial charge on any atom is -0.232 e. The van der Waals surface area contributed by atoms with E-state index in [1.807, 2.05) is 13.0 Å². The van der Waals surface area contributed by atoms with Gasteiger partial charge in [-0.05, 0) is 53.0 Å². The molecule has 0 atom stereocenters. The number of aromatic nitrogens is 2. The summed E-state index contributed by atoms with van der Waals surface area (Å²) in [6.07, 6.45) is 1.75. The summed E-state index contributed by atoms with van der Waals surface area (Å²) in [5, 5.41) is 0.357. The van der Waals surface area contributed by atoms with Crippen LogP contribution in [0.15, 0.2) is 22.7 Å². The highest BCUT2D eigenvalue weighted by Crippen LogP contribution is 2.28. The van der Waals surface area contributed by atoms with E-state index in [-0.39, 0.29) is 5.82 Å². The van der Waals surface area contributed by atoms with Crippen molar-refractivity contribution in [2.24, 2.45) is 0 Å². The Morgan fingerprint density at radius 2 is 2.00 bits per heavy atom. The summed E-state index contributed by atoms with van der Waals surface area (Å²) in [4.78, 5) is 8.68. The molecule has 0 bridgehead atoms. The lowest BCUT2D eigenvalue weighted by atomic mass is 10.1. The molecule has 0 N–H and O–H groups in total. The van der Waals surface area contributed by atoms with Gasteiger partial charge in [0.05, 0.1) is 10.2 Å². The molecule has 2 rings (SSSR count). The first-order chi connectivity index (χ1) is 9.01.